The lowest BCUT2D eigenvalue weighted by atomic mass is 10.2. The van der Waals surface area contributed by atoms with Crippen molar-refractivity contribution >= 4 is 17.7 Å². The highest BCUT2D eigenvalue weighted by Crippen LogP contribution is 2.17. The van der Waals surface area contributed by atoms with Crippen LogP contribution in [0.3, 0.4) is 0 Å². The lowest BCUT2D eigenvalue weighted by Crippen LogP contribution is -2.49. The van der Waals surface area contributed by atoms with E-state index in [2.05, 4.69) is 21.3 Å². The number of rotatable bonds is 5. The zero-order valence-corrected chi connectivity index (χ0v) is 15.4. The maximum atomic E-state index is 12.6. The topological polar surface area (TPSA) is 74.8 Å². The highest BCUT2D eigenvalue weighted by Gasteiger charge is 2.22. The molecule has 142 valence electrons. The molecule has 27 heavy (non-hydrogen) atoms. The van der Waals surface area contributed by atoms with Crippen LogP contribution < -0.4 is 5.32 Å². The van der Waals surface area contributed by atoms with Gasteiger partial charge in [0.1, 0.15) is 0 Å². The van der Waals surface area contributed by atoms with Gasteiger partial charge in [-0.3, -0.25) is 9.88 Å². The highest BCUT2D eigenvalue weighted by atomic mass is 16.5. The quantitative estimate of drug-likeness (QED) is 0.821. The third-order valence-electron chi connectivity index (χ3n) is 4.45. The number of urea groups is 1. The maximum absolute atomic E-state index is 12.6. The lowest BCUT2D eigenvalue weighted by Gasteiger charge is -2.34. The summed E-state index contributed by atoms with van der Waals surface area (Å²) >= 11 is 0. The molecule has 2 amide bonds. The van der Waals surface area contributed by atoms with Crippen LogP contribution in [0, 0.1) is 0 Å². The molecule has 7 heteroatoms. The summed E-state index contributed by atoms with van der Waals surface area (Å²) in [6.45, 7) is 5.73. The Morgan fingerprint density at radius 1 is 1.11 bits per heavy atom. The van der Waals surface area contributed by atoms with Crippen LogP contribution in [0.5, 0.6) is 0 Å². The number of anilines is 1. The third kappa shape index (κ3) is 5.04. The first-order valence-electron chi connectivity index (χ1n) is 9.10. The maximum Gasteiger partial charge on any atom is 0.340 e. The average Bonchev–Trinajstić information content (AvgIpc) is 2.70. The fourth-order valence-electron chi connectivity index (χ4n) is 3.03. The zero-order valence-electron chi connectivity index (χ0n) is 15.4. The molecule has 0 radical (unpaired) electrons. The molecule has 0 bridgehead atoms. The van der Waals surface area contributed by atoms with E-state index in [1.54, 1.807) is 42.3 Å². The van der Waals surface area contributed by atoms with Gasteiger partial charge in [-0.05, 0) is 30.7 Å². The van der Waals surface area contributed by atoms with Gasteiger partial charge in [-0.1, -0.05) is 18.2 Å². The molecule has 1 saturated heterocycles. The largest absolute Gasteiger partial charge is 0.462 e. The number of carbonyl (C=O) groups is 2. The van der Waals surface area contributed by atoms with Crippen molar-refractivity contribution in [3.05, 3.63) is 59.9 Å². The summed E-state index contributed by atoms with van der Waals surface area (Å²) in [4.78, 5) is 32.8. The zero-order chi connectivity index (χ0) is 19.1. The van der Waals surface area contributed by atoms with Gasteiger partial charge in [0, 0.05) is 45.1 Å². The molecule has 3 rings (SSSR count). The fraction of sp³-hybridized carbons (Fsp3) is 0.350. The standard InChI is InChI=1S/C20H24N4O3/c1-2-27-19(25)17-7-3-4-8-18(17)22-20(26)24-12-10-23(11-13-24)15-16-6-5-9-21-14-16/h3-9,14H,2,10-13,15H2,1H3,(H,22,26). The predicted molar refractivity (Wildman–Crippen MR) is 103 cm³/mol. The molecule has 0 saturated carbocycles. The number of esters is 1. The van der Waals surface area contributed by atoms with E-state index < -0.39 is 5.97 Å². The second kappa shape index (κ2) is 9.14. The van der Waals surface area contributed by atoms with Crippen molar-refractivity contribution < 1.29 is 14.3 Å². The number of hydrogen-bond acceptors (Lipinski definition) is 5. The van der Waals surface area contributed by atoms with Crippen LogP contribution in [-0.4, -0.2) is 59.6 Å². The summed E-state index contributed by atoms with van der Waals surface area (Å²) < 4.78 is 5.05. The monoisotopic (exact) mass is 368 g/mol. The Morgan fingerprint density at radius 3 is 2.59 bits per heavy atom. The van der Waals surface area contributed by atoms with Crippen LogP contribution in [0.2, 0.25) is 0 Å². The number of carbonyl (C=O) groups excluding carboxylic acids is 2. The smallest absolute Gasteiger partial charge is 0.340 e. The molecule has 1 fully saturated rings. The van der Waals surface area contributed by atoms with Crippen molar-refractivity contribution in [2.75, 3.05) is 38.1 Å². The minimum Gasteiger partial charge on any atom is -0.462 e. The number of hydrogen-bond donors (Lipinski definition) is 1. The van der Waals surface area contributed by atoms with Crippen LogP contribution in [-0.2, 0) is 11.3 Å². The van der Waals surface area contributed by atoms with Crippen LogP contribution in [0.1, 0.15) is 22.8 Å². The van der Waals surface area contributed by atoms with E-state index >= 15 is 0 Å². The van der Waals surface area contributed by atoms with Gasteiger partial charge < -0.3 is 15.0 Å². The van der Waals surface area contributed by atoms with Crippen molar-refractivity contribution in [2.45, 2.75) is 13.5 Å². The summed E-state index contributed by atoms with van der Waals surface area (Å²) in [7, 11) is 0. The third-order valence-corrected chi connectivity index (χ3v) is 4.45. The van der Waals surface area contributed by atoms with Crippen LogP contribution in [0.15, 0.2) is 48.8 Å². The Kier molecular flexibility index (Phi) is 6.38. The van der Waals surface area contributed by atoms with Crippen molar-refractivity contribution in [1.29, 1.82) is 0 Å². The Bertz CT molecular complexity index is 774. The molecule has 0 aliphatic carbocycles. The Balaban J connectivity index is 1.55. The summed E-state index contributed by atoms with van der Waals surface area (Å²) in [5.74, 6) is -0.435. The van der Waals surface area contributed by atoms with Crippen molar-refractivity contribution in [2.24, 2.45) is 0 Å². The number of amides is 2. The number of aromatic nitrogens is 1. The van der Waals surface area contributed by atoms with Crippen molar-refractivity contribution in [3.63, 3.8) is 0 Å². The first-order chi connectivity index (χ1) is 13.2. The van der Waals surface area contributed by atoms with Gasteiger partial charge >= 0.3 is 12.0 Å². The Labute approximate surface area is 158 Å². The SMILES string of the molecule is CCOC(=O)c1ccccc1NC(=O)N1CCN(Cc2cccnc2)CC1. The highest BCUT2D eigenvalue weighted by molar-refractivity contribution is 6.00. The van der Waals surface area contributed by atoms with E-state index in [0.717, 1.165) is 19.6 Å². The van der Waals surface area contributed by atoms with Gasteiger partial charge in [0.2, 0.25) is 0 Å². The minimum atomic E-state index is -0.435. The summed E-state index contributed by atoms with van der Waals surface area (Å²) in [6.07, 6.45) is 3.63. The minimum absolute atomic E-state index is 0.201. The second-order valence-corrected chi connectivity index (χ2v) is 6.32. The van der Waals surface area contributed by atoms with Crippen molar-refractivity contribution in [3.8, 4) is 0 Å². The first kappa shape index (κ1) is 18.8. The van der Waals surface area contributed by atoms with Gasteiger partial charge in [0.15, 0.2) is 0 Å². The van der Waals surface area contributed by atoms with Crippen LogP contribution in [0.4, 0.5) is 10.5 Å². The molecule has 1 aromatic heterocycles. The lowest BCUT2D eigenvalue weighted by molar-refractivity contribution is 0.0527. The molecular weight excluding hydrogens is 344 g/mol. The average molecular weight is 368 g/mol. The molecule has 0 atom stereocenters. The summed E-state index contributed by atoms with van der Waals surface area (Å²) in [5, 5.41) is 2.84. The van der Waals surface area contributed by atoms with Gasteiger partial charge in [0.25, 0.3) is 0 Å². The molecule has 1 aliphatic rings. The normalized spacial score (nSPS) is 14.6. The van der Waals surface area contributed by atoms with E-state index in [1.165, 1.54) is 5.56 Å². The van der Waals surface area contributed by atoms with Crippen LogP contribution >= 0.6 is 0 Å². The van der Waals surface area contributed by atoms with E-state index in [1.807, 2.05) is 12.3 Å². The number of piperazine rings is 1. The Hall–Kier alpha value is -2.93. The van der Waals surface area contributed by atoms with Gasteiger partial charge in [-0.25, -0.2) is 9.59 Å². The van der Waals surface area contributed by atoms with Crippen molar-refractivity contribution in [1.82, 2.24) is 14.8 Å². The predicted octanol–water partition coefficient (Wildman–Crippen LogP) is 2.61. The van der Waals surface area contributed by atoms with Gasteiger partial charge in [-0.15, -0.1) is 0 Å². The fourth-order valence-corrected chi connectivity index (χ4v) is 3.03. The van der Waals surface area contributed by atoms with Crippen LogP contribution in [0.25, 0.3) is 0 Å². The molecule has 7 nitrogen and oxygen atoms in total. The first-order valence-corrected chi connectivity index (χ1v) is 9.10. The Morgan fingerprint density at radius 2 is 1.89 bits per heavy atom. The summed E-state index contributed by atoms with van der Waals surface area (Å²) in [6, 6.07) is 10.7. The number of nitrogens with one attached hydrogen (secondary N) is 1. The number of nitrogens with zero attached hydrogens (tertiary/aromatic N) is 3. The molecule has 2 heterocycles. The number of ether oxygens (including phenoxy) is 1. The number of para-hydroxylation sites is 1. The second-order valence-electron chi connectivity index (χ2n) is 6.32. The molecular formula is C20H24N4O3. The van der Waals surface area contributed by atoms with E-state index in [9.17, 15) is 9.59 Å². The molecule has 0 unspecified atom stereocenters. The molecule has 1 N–H and O–H groups in total. The number of benzene rings is 1. The molecule has 2 aromatic rings. The van der Waals surface area contributed by atoms with E-state index in [4.69, 9.17) is 4.74 Å². The molecule has 1 aliphatic heterocycles. The number of pyridine rings is 1. The van der Waals surface area contributed by atoms with E-state index in [0.29, 0.717) is 30.9 Å². The molecule has 0 spiro atoms. The molecule has 1 aromatic carbocycles. The van der Waals surface area contributed by atoms with E-state index in [-0.39, 0.29) is 6.03 Å². The summed E-state index contributed by atoms with van der Waals surface area (Å²) in [5.41, 5.74) is 2.00. The van der Waals surface area contributed by atoms with Gasteiger partial charge in [0.05, 0.1) is 17.9 Å². The van der Waals surface area contributed by atoms with Gasteiger partial charge in [-0.2, -0.15) is 0 Å².